The van der Waals surface area contributed by atoms with E-state index in [0.29, 0.717) is 11.8 Å². The van der Waals surface area contributed by atoms with Crippen molar-refractivity contribution in [1.29, 1.82) is 0 Å². The van der Waals surface area contributed by atoms with Crippen LogP contribution in [-0.4, -0.2) is 28.2 Å². The van der Waals surface area contributed by atoms with E-state index in [9.17, 15) is 0 Å². The van der Waals surface area contributed by atoms with Gasteiger partial charge in [-0.2, -0.15) is 0 Å². The Kier molecular flexibility index (Phi) is 5.08. The van der Waals surface area contributed by atoms with Crippen molar-refractivity contribution in [2.45, 2.75) is 27.3 Å². The minimum absolute atomic E-state index is 0.475. The molecule has 74 valence electrons. The van der Waals surface area contributed by atoms with Gasteiger partial charge in [0.1, 0.15) is 0 Å². The molecule has 6 heteroatoms. The van der Waals surface area contributed by atoms with E-state index in [2.05, 4.69) is 17.1 Å². The Bertz CT molecular complexity index is 247. The van der Waals surface area contributed by atoms with Crippen LogP contribution in [0.2, 0.25) is 0 Å². The molecule has 2 N–H and O–H groups in total. The summed E-state index contributed by atoms with van der Waals surface area (Å²) in [4.78, 5) is 0. The van der Waals surface area contributed by atoms with Gasteiger partial charge in [-0.05, 0) is 12.7 Å². The second-order valence-corrected chi connectivity index (χ2v) is 6.00. The van der Waals surface area contributed by atoms with Gasteiger partial charge in [0, 0.05) is 11.8 Å². The van der Waals surface area contributed by atoms with Gasteiger partial charge in [-0.1, -0.05) is 41.8 Å². The van der Waals surface area contributed by atoms with Crippen LogP contribution >= 0.6 is 34.9 Å². The Hall–Kier alpha value is 0.220. The molecule has 0 amide bonds. The lowest BCUT2D eigenvalue weighted by molar-refractivity contribution is 0.823. The molecule has 13 heavy (non-hydrogen) atoms. The van der Waals surface area contributed by atoms with Crippen LogP contribution in [0.5, 0.6) is 0 Å². The van der Waals surface area contributed by atoms with E-state index in [-0.39, 0.29) is 0 Å². The van der Waals surface area contributed by atoms with Gasteiger partial charge in [-0.15, -0.1) is 10.2 Å². The predicted molar refractivity (Wildman–Crippen MR) is 60.7 cm³/mol. The summed E-state index contributed by atoms with van der Waals surface area (Å²) in [7, 11) is 0. The third-order valence-corrected chi connectivity index (χ3v) is 4.92. The number of nitrogens with two attached hydrogens (primary N) is 1. The van der Waals surface area contributed by atoms with Crippen LogP contribution in [0, 0.1) is 0 Å². The second-order valence-electron chi connectivity index (χ2n) is 2.42. The summed E-state index contributed by atoms with van der Waals surface area (Å²) in [5, 5.41) is 8.58. The van der Waals surface area contributed by atoms with E-state index in [1.165, 1.54) is 0 Å². The Balaban J connectivity index is 2.52. The molecule has 0 bridgehead atoms. The van der Waals surface area contributed by atoms with Crippen molar-refractivity contribution in [3.63, 3.8) is 0 Å². The van der Waals surface area contributed by atoms with Crippen LogP contribution in [-0.2, 0) is 0 Å². The molecule has 0 saturated heterocycles. The van der Waals surface area contributed by atoms with Crippen LogP contribution in [0.25, 0.3) is 0 Å². The van der Waals surface area contributed by atoms with Crippen LogP contribution < -0.4 is 5.73 Å². The van der Waals surface area contributed by atoms with Crippen molar-refractivity contribution < 1.29 is 0 Å². The zero-order chi connectivity index (χ0) is 9.68. The molecule has 0 aliphatic rings. The van der Waals surface area contributed by atoms with Gasteiger partial charge in [0.25, 0.3) is 0 Å². The number of hydrogen-bond acceptors (Lipinski definition) is 6. The first-order valence-electron chi connectivity index (χ1n) is 4.04. The molecular formula is C7H13N3S3. The van der Waals surface area contributed by atoms with E-state index in [1.54, 1.807) is 34.9 Å². The number of aromatic nitrogens is 2. The van der Waals surface area contributed by atoms with Crippen molar-refractivity contribution >= 4 is 34.9 Å². The molecule has 1 aromatic heterocycles. The summed E-state index contributed by atoms with van der Waals surface area (Å²) in [6.45, 7) is 2.84. The SMILES string of the molecule is CCC(CN)Sc1nnc(SC)s1. The summed E-state index contributed by atoms with van der Waals surface area (Å²) in [5.74, 6) is 0. The van der Waals surface area contributed by atoms with Crippen LogP contribution in [0.1, 0.15) is 13.3 Å². The summed E-state index contributed by atoms with van der Waals surface area (Å²) < 4.78 is 2.05. The smallest absolute Gasteiger partial charge is 0.175 e. The maximum atomic E-state index is 5.60. The van der Waals surface area contributed by atoms with E-state index in [4.69, 9.17) is 5.73 Å². The van der Waals surface area contributed by atoms with Crippen molar-refractivity contribution in [2.75, 3.05) is 12.8 Å². The fourth-order valence-corrected chi connectivity index (χ4v) is 3.41. The van der Waals surface area contributed by atoms with Gasteiger partial charge in [0.2, 0.25) is 0 Å². The van der Waals surface area contributed by atoms with Gasteiger partial charge in [-0.3, -0.25) is 0 Å². The molecule has 0 aliphatic carbocycles. The molecular weight excluding hydrogens is 222 g/mol. The highest BCUT2D eigenvalue weighted by atomic mass is 32.2. The van der Waals surface area contributed by atoms with Crippen LogP contribution in [0.3, 0.4) is 0 Å². The summed E-state index contributed by atoms with van der Waals surface area (Å²) in [5.41, 5.74) is 5.60. The molecule has 1 atom stereocenters. The lowest BCUT2D eigenvalue weighted by Crippen LogP contribution is -2.15. The minimum atomic E-state index is 0.475. The van der Waals surface area contributed by atoms with E-state index in [0.717, 1.165) is 15.1 Å². The fourth-order valence-electron chi connectivity index (χ4n) is 0.768. The number of nitrogens with zero attached hydrogens (tertiary/aromatic N) is 2. The first-order valence-corrected chi connectivity index (χ1v) is 6.96. The molecule has 0 aliphatic heterocycles. The average molecular weight is 235 g/mol. The molecule has 0 spiro atoms. The molecule has 3 nitrogen and oxygen atoms in total. The Morgan fingerprint density at radius 1 is 1.46 bits per heavy atom. The van der Waals surface area contributed by atoms with Gasteiger partial charge < -0.3 is 5.73 Å². The zero-order valence-electron chi connectivity index (χ0n) is 7.69. The lowest BCUT2D eigenvalue weighted by atomic mass is 10.3. The van der Waals surface area contributed by atoms with Crippen molar-refractivity contribution in [3.05, 3.63) is 0 Å². The summed E-state index contributed by atoms with van der Waals surface area (Å²) in [6, 6.07) is 0. The summed E-state index contributed by atoms with van der Waals surface area (Å²) in [6.07, 6.45) is 3.09. The third-order valence-electron chi connectivity index (χ3n) is 1.55. The van der Waals surface area contributed by atoms with E-state index in [1.807, 2.05) is 6.26 Å². The highest BCUT2D eigenvalue weighted by Gasteiger charge is 2.10. The molecule has 0 radical (unpaired) electrons. The molecule has 0 aromatic carbocycles. The normalized spacial score (nSPS) is 13.2. The first kappa shape index (κ1) is 11.3. The number of rotatable bonds is 5. The maximum absolute atomic E-state index is 5.60. The fraction of sp³-hybridized carbons (Fsp3) is 0.714. The van der Waals surface area contributed by atoms with Crippen LogP contribution in [0.15, 0.2) is 8.68 Å². The van der Waals surface area contributed by atoms with E-state index < -0.39 is 0 Å². The monoisotopic (exact) mass is 235 g/mol. The second kappa shape index (κ2) is 5.85. The van der Waals surface area contributed by atoms with Crippen molar-refractivity contribution in [3.8, 4) is 0 Å². The lowest BCUT2D eigenvalue weighted by Gasteiger charge is -2.07. The molecule has 1 rings (SSSR count). The molecule has 1 unspecified atom stereocenters. The number of hydrogen-bond donors (Lipinski definition) is 1. The quantitative estimate of drug-likeness (QED) is 0.792. The number of thioether (sulfide) groups is 2. The van der Waals surface area contributed by atoms with Crippen molar-refractivity contribution in [2.24, 2.45) is 5.73 Å². The zero-order valence-corrected chi connectivity index (χ0v) is 10.1. The largest absolute Gasteiger partial charge is 0.329 e. The molecule has 0 saturated carbocycles. The Morgan fingerprint density at radius 2 is 2.15 bits per heavy atom. The van der Waals surface area contributed by atoms with Gasteiger partial charge in [0.05, 0.1) is 0 Å². The predicted octanol–water partition coefficient (Wildman–Crippen LogP) is 2.09. The van der Waals surface area contributed by atoms with Gasteiger partial charge in [0.15, 0.2) is 8.68 Å². The highest BCUT2D eigenvalue weighted by Crippen LogP contribution is 2.30. The topological polar surface area (TPSA) is 51.8 Å². The Labute approximate surface area is 90.9 Å². The highest BCUT2D eigenvalue weighted by molar-refractivity contribution is 8.03. The van der Waals surface area contributed by atoms with Crippen LogP contribution in [0.4, 0.5) is 0 Å². The standard InChI is InChI=1S/C7H13N3S3/c1-3-5(4-8)12-7-10-9-6(11-2)13-7/h5H,3-4,8H2,1-2H3. The first-order chi connectivity index (χ1) is 6.30. The van der Waals surface area contributed by atoms with Crippen molar-refractivity contribution in [1.82, 2.24) is 10.2 Å². The summed E-state index contributed by atoms with van der Waals surface area (Å²) >= 11 is 5.00. The molecule has 1 aromatic rings. The maximum Gasteiger partial charge on any atom is 0.175 e. The van der Waals surface area contributed by atoms with E-state index >= 15 is 0 Å². The van der Waals surface area contributed by atoms with Gasteiger partial charge in [-0.25, -0.2) is 0 Å². The minimum Gasteiger partial charge on any atom is -0.329 e. The third kappa shape index (κ3) is 3.46. The molecule has 0 fully saturated rings. The Morgan fingerprint density at radius 3 is 2.62 bits per heavy atom. The molecule has 1 heterocycles. The van der Waals surface area contributed by atoms with Gasteiger partial charge >= 0.3 is 0 Å². The average Bonchev–Trinajstić information content (AvgIpc) is 2.61.